The molecule has 0 radical (unpaired) electrons. The molecule has 0 bridgehead atoms. The molecule has 1 atom stereocenters. The lowest BCUT2D eigenvalue weighted by atomic mass is 10.0. The van der Waals surface area contributed by atoms with E-state index in [0.717, 1.165) is 0 Å². The zero-order chi connectivity index (χ0) is 12.8. The van der Waals surface area contributed by atoms with Crippen molar-refractivity contribution in [1.29, 1.82) is 0 Å². The van der Waals surface area contributed by atoms with Crippen LogP contribution in [0, 0.1) is 5.92 Å². The van der Waals surface area contributed by atoms with E-state index in [1.165, 1.54) is 14.2 Å². The summed E-state index contributed by atoms with van der Waals surface area (Å²) in [5, 5.41) is 3.24. The van der Waals surface area contributed by atoms with Gasteiger partial charge in [0.05, 0.1) is 14.2 Å². The molecule has 6 heteroatoms. The number of methoxy groups -OCH3 is 2. The summed E-state index contributed by atoms with van der Waals surface area (Å²) in [6.45, 7) is 4.30. The molecule has 0 fully saturated rings. The highest BCUT2D eigenvalue weighted by Gasteiger charge is 2.15. The molecule has 1 heterocycles. The molecule has 96 valence electrons. The smallest absolute Gasteiger partial charge is 0.322 e. The van der Waals surface area contributed by atoms with Crippen LogP contribution in [0.2, 0.25) is 0 Å². The minimum Gasteiger partial charge on any atom is -0.467 e. The Morgan fingerprint density at radius 2 is 1.59 bits per heavy atom. The van der Waals surface area contributed by atoms with Gasteiger partial charge < -0.3 is 14.8 Å². The molecule has 0 spiro atoms. The molecule has 1 unspecified atom stereocenters. The molecule has 1 aromatic heterocycles. The molecule has 1 rings (SSSR count). The van der Waals surface area contributed by atoms with Crippen LogP contribution in [-0.2, 0) is 6.42 Å². The van der Waals surface area contributed by atoms with Gasteiger partial charge in [-0.3, -0.25) is 0 Å². The van der Waals surface area contributed by atoms with E-state index in [9.17, 15) is 0 Å². The number of rotatable bonds is 6. The molecule has 0 amide bonds. The average Bonchev–Trinajstić information content (AvgIpc) is 2.34. The van der Waals surface area contributed by atoms with Crippen LogP contribution >= 0.6 is 0 Å². The van der Waals surface area contributed by atoms with Crippen molar-refractivity contribution >= 4 is 0 Å². The van der Waals surface area contributed by atoms with Gasteiger partial charge >= 0.3 is 12.0 Å². The summed E-state index contributed by atoms with van der Waals surface area (Å²) < 4.78 is 10.0. The van der Waals surface area contributed by atoms with E-state index in [2.05, 4.69) is 34.1 Å². The SMILES string of the molecule is CNC(Cc1nc(OC)nc(OC)n1)C(C)C. The lowest BCUT2D eigenvalue weighted by molar-refractivity contribution is 0.331. The van der Waals surface area contributed by atoms with Gasteiger partial charge in [0.15, 0.2) is 0 Å². The molecule has 1 N–H and O–H groups in total. The van der Waals surface area contributed by atoms with E-state index in [0.29, 0.717) is 24.2 Å². The van der Waals surface area contributed by atoms with E-state index in [1.54, 1.807) is 0 Å². The maximum atomic E-state index is 5.01. The first-order valence-corrected chi connectivity index (χ1v) is 5.60. The quantitative estimate of drug-likeness (QED) is 0.788. The van der Waals surface area contributed by atoms with Crippen molar-refractivity contribution in [2.75, 3.05) is 21.3 Å². The van der Waals surface area contributed by atoms with Crippen LogP contribution in [0.4, 0.5) is 0 Å². The van der Waals surface area contributed by atoms with Crippen LogP contribution in [0.5, 0.6) is 12.0 Å². The number of hydrogen-bond acceptors (Lipinski definition) is 6. The Balaban J connectivity index is 2.89. The fraction of sp³-hybridized carbons (Fsp3) is 0.727. The number of aromatic nitrogens is 3. The van der Waals surface area contributed by atoms with Crippen molar-refractivity contribution in [3.63, 3.8) is 0 Å². The lowest BCUT2D eigenvalue weighted by Gasteiger charge is -2.19. The molecule has 1 aromatic rings. The molecule has 17 heavy (non-hydrogen) atoms. The van der Waals surface area contributed by atoms with Crippen molar-refractivity contribution < 1.29 is 9.47 Å². The van der Waals surface area contributed by atoms with Gasteiger partial charge in [-0.15, -0.1) is 4.98 Å². The Hall–Kier alpha value is -1.43. The number of likely N-dealkylation sites (N-methyl/N-ethyl adjacent to an activating group) is 1. The zero-order valence-electron chi connectivity index (χ0n) is 11.0. The molecule has 0 aliphatic carbocycles. The minimum absolute atomic E-state index is 0.283. The predicted octanol–water partition coefficient (Wildman–Crippen LogP) is 0.675. The Labute approximate surface area is 102 Å². The minimum atomic E-state index is 0.283. The molecular weight excluding hydrogens is 220 g/mol. The normalized spacial score (nSPS) is 12.6. The van der Waals surface area contributed by atoms with Gasteiger partial charge in [0.2, 0.25) is 0 Å². The summed E-state index contributed by atoms with van der Waals surface area (Å²) in [6, 6.07) is 0.878. The number of hydrogen-bond donors (Lipinski definition) is 1. The largest absolute Gasteiger partial charge is 0.467 e. The van der Waals surface area contributed by atoms with Crippen molar-refractivity contribution in [3.8, 4) is 12.0 Å². The Kier molecular flexibility index (Phi) is 5.09. The van der Waals surface area contributed by atoms with Gasteiger partial charge in [0.25, 0.3) is 0 Å². The van der Waals surface area contributed by atoms with Crippen LogP contribution < -0.4 is 14.8 Å². The van der Waals surface area contributed by atoms with Crippen LogP contribution in [0.3, 0.4) is 0 Å². The van der Waals surface area contributed by atoms with E-state index >= 15 is 0 Å². The summed E-state index contributed by atoms with van der Waals surface area (Å²) in [7, 11) is 4.98. The summed E-state index contributed by atoms with van der Waals surface area (Å²) in [4.78, 5) is 12.4. The number of ether oxygens (including phenoxy) is 2. The first-order valence-electron chi connectivity index (χ1n) is 5.60. The first kappa shape index (κ1) is 13.6. The fourth-order valence-corrected chi connectivity index (χ4v) is 1.52. The second-order valence-corrected chi connectivity index (χ2v) is 4.07. The summed E-state index contributed by atoms with van der Waals surface area (Å²) in [5.41, 5.74) is 0. The molecule has 0 saturated heterocycles. The Bertz CT molecular complexity index is 335. The monoisotopic (exact) mass is 240 g/mol. The average molecular weight is 240 g/mol. The maximum Gasteiger partial charge on any atom is 0.322 e. The van der Waals surface area contributed by atoms with Crippen molar-refractivity contribution in [1.82, 2.24) is 20.3 Å². The summed E-state index contributed by atoms with van der Waals surface area (Å²) in [6.07, 6.45) is 0.712. The molecule has 6 nitrogen and oxygen atoms in total. The van der Waals surface area contributed by atoms with Crippen LogP contribution in [-0.4, -0.2) is 42.3 Å². The first-order chi connectivity index (χ1) is 8.10. The van der Waals surface area contributed by atoms with Crippen LogP contribution in [0.25, 0.3) is 0 Å². The third kappa shape index (κ3) is 3.81. The number of nitrogens with zero attached hydrogens (tertiary/aromatic N) is 3. The van der Waals surface area contributed by atoms with Gasteiger partial charge in [0.1, 0.15) is 5.82 Å². The van der Waals surface area contributed by atoms with Crippen LogP contribution in [0.15, 0.2) is 0 Å². The molecule has 0 aromatic carbocycles. The van der Waals surface area contributed by atoms with Crippen LogP contribution in [0.1, 0.15) is 19.7 Å². The highest BCUT2D eigenvalue weighted by atomic mass is 16.5. The topological polar surface area (TPSA) is 69.2 Å². The lowest BCUT2D eigenvalue weighted by Crippen LogP contribution is -2.33. The molecule has 0 aliphatic heterocycles. The summed E-state index contributed by atoms with van der Waals surface area (Å²) >= 11 is 0. The van der Waals surface area contributed by atoms with Crippen molar-refractivity contribution in [3.05, 3.63) is 5.82 Å². The van der Waals surface area contributed by atoms with E-state index < -0.39 is 0 Å². The maximum absolute atomic E-state index is 5.01. The Morgan fingerprint density at radius 3 is 1.94 bits per heavy atom. The molecule has 0 saturated carbocycles. The molecular formula is C11H20N4O2. The van der Waals surface area contributed by atoms with Crippen molar-refractivity contribution in [2.24, 2.45) is 5.92 Å². The van der Waals surface area contributed by atoms with Gasteiger partial charge in [-0.05, 0) is 13.0 Å². The van der Waals surface area contributed by atoms with Gasteiger partial charge in [0, 0.05) is 12.5 Å². The van der Waals surface area contributed by atoms with Gasteiger partial charge in [-0.25, -0.2) is 0 Å². The van der Waals surface area contributed by atoms with Gasteiger partial charge in [-0.1, -0.05) is 13.8 Å². The standard InChI is InChI=1S/C11H20N4O2/c1-7(2)8(12-3)6-9-13-10(16-4)15-11(14-9)17-5/h7-8,12H,6H2,1-5H3. The Morgan fingerprint density at radius 1 is 1.06 bits per heavy atom. The zero-order valence-corrected chi connectivity index (χ0v) is 11.0. The second-order valence-electron chi connectivity index (χ2n) is 4.07. The highest BCUT2D eigenvalue weighted by Crippen LogP contribution is 2.12. The fourth-order valence-electron chi connectivity index (χ4n) is 1.52. The third-order valence-electron chi connectivity index (χ3n) is 2.58. The predicted molar refractivity (Wildman–Crippen MR) is 64.3 cm³/mol. The van der Waals surface area contributed by atoms with Gasteiger partial charge in [-0.2, -0.15) is 9.97 Å². The molecule has 0 aliphatic rings. The van der Waals surface area contributed by atoms with Crippen molar-refractivity contribution in [2.45, 2.75) is 26.3 Å². The second kappa shape index (κ2) is 6.34. The third-order valence-corrected chi connectivity index (χ3v) is 2.58. The van der Waals surface area contributed by atoms with E-state index in [1.807, 2.05) is 7.05 Å². The summed E-state index contributed by atoms with van der Waals surface area (Å²) in [5.74, 6) is 1.16. The van der Waals surface area contributed by atoms with E-state index in [4.69, 9.17) is 9.47 Å². The highest BCUT2D eigenvalue weighted by molar-refractivity contribution is 5.06. The number of nitrogens with one attached hydrogen (secondary N) is 1. The van der Waals surface area contributed by atoms with E-state index in [-0.39, 0.29) is 12.0 Å².